The number of rotatable bonds is 7. The number of hydrogen-bond donors (Lipinski definition) is 2. The van der Waals surface area contributed by atoms with Crippen molar-refractivity contribution >= 4 is 17.5 Å². The van der Waals surface area contributed by atoms with Crippen LogP contribution in [-0.4, -0.2) is 25.0 Å². The van der Waals surface area contributed by atoms with Crippen LogP contribution in [0.15, 0.2) is 72.8 Å². The molecule has 3 aromatic rings. The second-order valence-electron chi connectivity index (χ2n) is 6.74. The van der Waals surface area contributed by atoms with Gasteiger partial charge < -0.3 is 15.4 Å². The molecule has 0 aliphatic carbocycles. The van der Waals surface area contributed by atoms with Gasteiger partial charge in [-0.3, -0.25) is 9.59 Å². The summed E-state index contributed by atoms with van der Waals surface area (Å²) in [5.74, 6) is -0.0150. The number of ether oxygens (including phenoxy) is 1. The van der Waals surface area contributed by atoms with Crippen LogP contribution >= 0.6 is 0 Å². The maximum Gasteiger partial charge on any atom is 0.258 e. The lowest BCUT2D eigenvalue weighted by atomic mass is 10.1. The van der Waals surface area contributed by atoms with Gasteiger partial charge in [0.25, 0.3) is 5.91 Å². The summed E-state index contributed by atoms with van der Waals surface area (Å²) in [5.41, 5.74) is 4.65. The summed E-state index contributed by atoms with van der Waals surface area (Å²) >= 11 is 0. The van der Waals surface area contributed by atoms with E-state index < -0.39 is 0 Å². The normalized spacial score (nSPS) is 10.3. The Morgan fingerprint density at radius 2 is 1.45 bits per heavy atom. The maximum absolute atomic E-state index is 12.2. The number of amides is 2. The molecule has 0 saturated heterocycles. The molecule has 5 heteroatoms. The first kappa shape index (κ1) is 20.1. The number of nitrogens with one attached hydrogen (secondary N) is 2. The maximum atomic E-state index is 12.2. The lowest BCUT2D eigenvalue weighted by Crippen LogP contribution is -2.36. The minimum absolute atomic E-state index is 0.115. The summed E-state index contributed by atoms with van der Waals surface area (Å²) in [5, 5.41) is 5.44. The third kappa shape index (κ3) is 5.45. The van der Waals surface area contributed by atoms with Crippen molar-refractivity contribution < 1.29 is 14.3 Å². The Morgan fingerprint density at radius 3 is 2.17 bits per heavy atom. The van der Waals surface area contributed by atoms with Gasteiger partial charge in [-0.15, -0.1) is 0 Å². The van der Waals surface area contributed by atoms with E-state index in [1.807, 2.05) is 86.6 Å². The van der Waals surface area contributed by atoms with Crippen molar-refractivity contribution in [2.24, 2.45) is 0 Å². The Morgan fingerprint density at radius 1 is 0.793 bits per heavy atom. The van der Waals surface area contributed by atoms with E-state index in [4.69, 9.17) is 4.74 Å². The van der Waals surface area contributed by atoms with Crippen LogP contribution in [0.4, 0.5) is 5.69 Å². The van der Waals surface area contributed by atoms with Crippen LogP contribution in [-0.2, 0) is 9.59 Å². The summed E-state index contributed by atoms with van der Waals surface area (Å²) in [6.45, 7) is 3.58. The van der Waals surface area contributed by atoms with Crippen molar-refractivity contribution in [1.29, 1.82) is 0 Å². The van der Waals surface area contributed by atoms with Crippen molar-refractivity contribution in [2.45, 2.75) is 13.8 Å². The fourth-order valence-electron chi connectivity index (χ4n) is 3.02. The molecule has 0 bridgehead atoms. The smallest absolute Gasteiger partial charge is 0.258 e. The first-order valence-electron chi connectivity index (χ1n) is 9.44. The van der Waals surface area contributed by atoms with Gasteiger partial charge in [-0.25, -0.2) is 0 Å². The average molecular weight is 388 g/mol. The molecule has 0 aromatic heterocycles. The van der Waals surface area contributed by atoms with Crippen LogP contribution in [0.25, 0.3) is 11.1 Å². The van der Waals surface area contributed by atoms with Crippen LogP contribution in [0.3, 0.4) is 0 Å². The summed E-state index contributed by atoms with van der Waals surface area (Å²) < 4.78 is 5.70. The quantitative estimate of drug-likeness (QED) is 0.640. The van der Waals surface area contributed by atoms with Gasteiger partial charge in [-0.05, 0) is 36.6 Å². The SMILES string of the molecule is Cc1cccc(C)c1NC(=O)CNC(=O)COc1ccccc1-c1ccccc1. The highest BCUT2D eigenvalue weighted by atomic mass is 16.5. The van der Waals surface area contributed by atoms with E-state index in [0.29, 0.717) is 5.75 Å². The van der Waals surface area contributed by atoms with Crippen LogP contribution in [0.2, 0.25) is 0 Å². The lowest BCUT2D eigenvalue weighted by molar-refractivity contribution is -0.125. The van der Waals surface area contributed by atoms with E-state index in [-0.39, 0.29) is 25.0 Å². The molecule has 0 unspecified atom stereocenters. The molecule has 0 atom stereocenters. The molecule has 5 nitrogen and oxygen atoms in total. The number of aryl methyl sites for hydroxylation is 2. The Balaban J connectivity index is 1.53. The molecule has 0 fully saturated rings. The van der Waals surface area contributed by atoms with Crippen molar-refractivity contribution in [2.75, 3.05) is 18.5 Å². The first-order chi connectivity index (χ1) is 14.0. The van der Waals surface area contributed by atoms with Gasteiger partial charge in [-0.2, -0.15) is 0 Å². The Kier molecular flexibility index (Phi) is 6.63. The minimum atomic E-state index is -0.357. The molecule has 0 heterocycles. The van der Waals surface area contributed by atoms with E-state index in [0.717, 1.165) is 27.9 Å². The highest BCUT2D eigenvalue weighted by Crippen LogP contribution is 2.29. The molecule has 3 aromatic carbocycles. The molecule has 0 saturated carbocycles. The number of carbonyl (C=O) groups is 2. The molecule has 29 heavy (non-hydrogen) atoms. The number of anilines is 1. The zero-order chi connectivity index (χ0) is 20.6. The van der Waals surface area contributed by atoms with Gasteiger partial charge >= 0.3 is 0 Å². The van der Waals surface area contributed by atoms with Crippen LogP contribution < -0.4 is 15.4 Å². The fraction of sp³-hybridized carbons (Fsp3) is 0.167. The number of hydrogen-bond acceptors (Lipinski definition) is 3. The molecule has 0 aliphatic rings. The van der Waals surface area contributed by atoms with E-state index >= 15 is 0 Å². The largest absolute Gasteiger partial charge is 0.483 e. The van der Waals surface area contributed by atoms with Gasteiger partial charge in [0.1, 0.15) is 5.75 Å². The Hall–Kier alpha value is -3.60. The van der Waals surface area contributed by atoms with E-state index in [9.17, 15) is 9.59 Å². The molecule has 2 N–H and O–H groups in total. The summed E-state index contributed by atoms with van der Waals surface area (Å²) in [6, 6.07) is 23.2. The standard InChI is InChI=1S/C24H24N2O3/c1-17-9-8-10-18(2)24(17)26-22(27)15-25-23(28)16-29-21-14-7-6-13-20(21)19-11-4-3-5-12-19/h3-14H,15-16H2,1-2H3,(H,25,28)(H,26,27). The third-order valence-electron chi connectivity index (χ3n) is 4.52. The minimum Gasteiger partial charge on any atom is -0.483 e. The molecular weight excluding hydrogens is 364 g/mol. The van der Waals surface area contributed by atoms with Crippen LogP contribution in [0.1, 0.15) is 11.1 Å². The topological polar surface area (TPSA) is 67.4 Å². The Labute approximate surface area is 170 Å². The number of benzene rings is 3. The molecule has 0 aliphatic heterocycles. The van der Waals surface area contributed by atoms with Gasteiger partial charge in [0.05, 0.1) is 6.54 Å². The van der Waals surface area contributed by atoms with Crippen LogP contribution in [0.5, 0.6) is 5.75 Å². The monoisotopic (exact) mass is 388 g/mol. The predicted molar refractivity (Wildman–Crippen MR) is 115 cm³/mol. The molecule has 3 rings (SSSR count). The van der Waals surface area contributed by atoms with E-state index in [1.54, 1.807) is 0 Å². The third-order valence-corrected chi connectivity index (χ3v) is 4.52. The highest BCUT2D eigenvalue weighted by Gasteiger charge is 2.11. The second-order valence-corrected chi connectivity index (χ2v) is 6.74. The van der Waals surface area contributed by atoms with Crippen molar-refractivity contribution in [3.05, 3.63) is 83.9 Å². The van der Waals surface area contributed by atoms with E-state index in [2.05, 4.69) is 10.6 Å². The number of para-hydroxylation sites is 2. The van der Waals surface area contributed by atoms with Crippen LogP contribution in [0, 0.1) is 13.8 Å². The molecular formula is C24H24N2O3. The fourth-order valence-corrected chi connectivity index (χ4v) is 3.02. The summed E-state index contributed by atoms with van der Waals surface area (Å²) in [4.78, 5) is 24.3. The molecule has 0 spiro atoms. The molecule has 0 radical (unpaired) electrons. The predicted octanol–water partition coefficient (Wildman–Crippen LogP) is 4.10. The number of carbonyl (C=O) groups excluding carboxylic acids is 2. The summed E-state index contributed by atoms with van der Waals surface area (Å²) in [7, 11) is 0. The van der Waals surface area contributed by atoms with Crippen molar-refractivity contribution in [3.8, 4) is 16.9 Å². The van der Waals surface area contributed by atoms with Gasteiger partial charge in [0.2, 0.25) is 5.91 Å². The zero-order valence-corrected chi connectivity index (χ0v) is 16.6. The van der Waals surface area contributed by atoms with Crippen molar-refractivity contribution in [1.82, 2.24) is 5.32 Å². The first-order valence-corrected chi connectivity index (χ1v) is 9.44. The Bertz CT molecular complexity index is 980. The van der Waals surface area contributed by atoms with Gasteiger partial charge in [0.15, 0.2) is 6.61 Å². The molecule has 2 amide bonds. The average Bonchev–Trinajstić information content (AvgIpc) is 2.74. The molecule has 148 valence electrons. The van der Waals surface area contributed by atoms with Gasteiger partial charge in [-0.1, -0.05) is 66.7 Å². The van der Waals surface area contributed by atoms with Crippen molar-refractivity contribution in [3.63, 3.8) is 0 Å². The lowest BCUT2D eigenvalue weighted by Gasteiger charge is -2.13. The second kappa shape index (κ2) is 9.55. The highest BCUT2D eigenvalue weighted by molar-refractivity contribution is 5.95. The van der Waals surface area contributed by atoms with Gasteiger partial charge in [0, 0.05) is 11.3 Å². The zero-order valence-electron chi connectivity index (χ0n) is 16.6. The van der Waals surface area contributed by atoms with E-state index in [1.165, 1.54) is 0 Å². The summed E-state index contributed by atoms with van der Waals surface area (Å²) in [6.07, 6.45) is 0.